The molecule has 0 saturated carbocycles. The van der Waals surface area contributed by atoms with Gasteiger partial charge in [-0.15, -0.1) is 0 Å². The first-order valence-electron chi connectivity index (χ1n) is 7.68. The highest BCUT2D eigenvalue weighted by molar-refractivity contribution is 7.89. The Morgan fingerprint density at radius 2 is 1.96 bits per heavy atom. The van der Waals surface area contributed by atoms with Gasteiger partial charge in [0, 0.05) is 18.8 Å². The van der Waals surface area contributed by atoms with Gasteiger partial charge in [-0.2, -0.15) is 9.40 Å². The van der Waals surface area contributed by atoms with Crippen LogP contribution in [0.15, 0.2) is 23.1 Å². The minimum Gasteiger partial charge on any atom is -0.265 e. The fraction of sp³-hybridized carbons (Fsp3) is 0.438. The molecule has 3 rings (SSSR count). The summed E-state index contributed by atoms with van der Waals surface area (Å²) in [6.45, 7) is 6.11. The van der Waals surface area contributed by atoms with E-state index in [0.717, 1.165) is 17.5 Å². The molecule has 1 aromatic heterocycles. The Kier molecular flexibility index (Phi) is 4.44. The number of benzene rings is 1. The number of rotatable bonds is 3. The molecule has 0 aliphatic carbocycles. The molecule has 0 spiro atoms. The molecule has 24 heavy (non-hydrogen) atoms. The molecule has 1 fully saturated rings. The number of nitrogens with zero attached hydrogens (tertiary/aromatic N) is 3. The van der Waals surface area contributed by atoms with Gasteiger partial charge in [-0.25, -0.2) is 12.8 Å². The molecule has 1 aliphatic heterocycles. The van der Waals surface area contributed by atoms with E-state index in [4.69, 9.17) is 11.6 Å². The van der Waals surface area contributed by atoms with Gasteiger partial charge in [0.1, 0.15) is 10.7 Å². The maximum absolute atomic E-state index is 13.6. The molecular weight excluding hydrogens is 353 g/mol. The van der Waals surface area contributed by atoms with Crippen LogP contribution in [-0.4, -0.2) is 35.6 Å². The van der Waals surface area contributed by atoms with Crippen molar-refractivity contribution in [3.05, 3.63) is 46.0 Å². The molecule has 0 amide bonds. The predicted molar refractivity (Wildman–Crippen MR) is 90.3 cm³/mol. The summed E-state index contributed by atoms with van der Waals surface area (Å²) >= 11 is 5.98. The molecule has 1 atom stereocenters. The molecular formula is C16H19ClFN3O2S. The maximum Gasteiger partial charge on any atom is 0.244 e. The number of halogens is 2. The third-order valence-electron chi connectivity index (χ3n) is 4.35. The number of aromatic nitrogens is 2. The Hall–Kier alpha value is -1.44. The van der Waals surface area contributed by atoms with Crippen LogP contribution in [0, 0.1) is 26.6 Å². The van der Waals surface area contributed by atoms with Crippen molar-refractivity contribution in [3.8, 4) is 0 Å². The lowest BCUT2D eigenvalue weighted by molar-refractivity contribution is 0.428. The molecule has 8 heteroatoms. The highest BCUT2D eigenvalue weighted by atomic mass is 35.5. The number of aryl methyl sites for hydroxylation is 3. The fourth-order valence-electron chi connectivity index (χ4n) is 3.11. The quantitative estimate of drug-likeness (QED) is 0.832. The van der Waals surface area contributed by atoms with Crippen LogP contribution in [0.2, 0.25) is 5.02 Å². The summed E-state index contributed by atoms with van der Waals surface area (Å²) in [5.41, 5.74) is 2.17. The van der Waals surface area contributed by atoms with E-state index in [0.29, 0.717) is 19.5 Å². The van der Waals surface area contributed by atoms with E-state index in [2.05, 4.69) is 5.10 Å². The van der Waals surface area contributed by atoms with Crippen LogP contribution in [0.1, 0.15) is 29.4 Å². The van der Waals surface area contributed by atoms with Crippen LogP contribution < -0.4 is 0 Å². The first-order valence-corrected chi connectivity index (χ1v) is 9.50. The van der Waals surface area contributed by atoms with E-state index < -0.39 is 15.8 Å². The van der Waals surface area contributed by atoms with Crippen molar-refractivity contribution in [3.63, 3.8) is 0 Å². The Bertz CT molecular complexity index is 895. The highest BCUT2D eigenvalue weighted by Crippen LogP contribution is 2.32. The topological polar surface area (TPSA) is 55.2 Å². The summed E-state index contributed by atoms with van der Waals surface area (Å²) in [6, 6.07) is 4.31. The minimum absolute atomic E-state index is 0.00574. The molecule has 1 unspecified atom stereocenters. The summed E-state index contributed by atoms with van der Waals surface area (Å²) in [6.07, 6.45) is 0.680. The second-order valence-electron chi connectivity index (χ2n) is 6.21. The number of hydrogen-bond donors (Lipinski definition) is 0. The molecule has 1 aromatic carbocycles. The van der Waals surface area contributed by atoms with E-state index >= 15 is 0 Å². The Morgan fingerprint density at radius 3 is 2.58 bits per heavy atom. The van der Waals surface area contributed by atoms with Gasteiger partial charge in [0.15, 0.2) is 0 Å². The van der Waals surface area contributed by atoms with Gasteiger partial charge in [-0.3, -0.25) is 4.68 Å². The fourth-order valence-corrected chi connectivity index (χ4v) is 5.18. The normalized spacial score (nSPS) is 19.1. The lowest BCUT2D eigenvalue weighted by atomic mass is 10.2. The van der Waals surface area contributed by atoms with Crippen molar-refractivity contribution in [2.24, 2.45) is 0 Å². The van der Waals surface area contributed by atoms with Gasteiger partial charge in [0.05, 0.1) is 16.8 Å². The number of sulfonamides is 1. The van der Waals surface area contributed by atoms with Crippen LogP contribution in [0.3, 0.4) is 0 Å². The summed E-state index contributed by atoms with van der Waals surface area (Å²) in [7, 11) is -3.76. The van der Waals surface area contributed by atoms with Crippen LogP contribution in [0.25, 0.3) is 0 Å². The smallest absolute Gasteiger partial charge is 0.244 e. The lowest BCUT2D eigenvalue weighted by Gasteiger charge is -2.18. The van der Waals surface area contributed by atoms with Gasteiger partial charge in [-0.1, -0.05) is 11.6 Å². The lowest BCUT2D eigenvalue weighted by Crippen LogP contribution is -2.30. The molecule has 0 radical (unpaired) electrons. The largest absolute Gasteiger partial charge is 0.265 e. The van der Waals surface area contributed by atoms with E-state index in [1.807, 2.05) is 24.6 Å². The Balaban J connectivity index is 1.90. The molecule has 130 valence electrons. The van der Waals surface area contributed by atoms with Crippen LogP contribution in [0.5, 0.6) is 0 Å². The SMILES string of the molecule is Cc1cc(C)n(C2CCN(S(=O)(=O)c3cc(C)c(F)cc3Cl)C2)n1. The van der Waals surface area contributed by atoms with Crippen molar-refractivity contribution in [2.45, 2.75) is 38.1 Å². The summed E-state index contributed by atoms with van der Waals surface area (Å²) in [5, 5.41) is 4.35. The molecule has 1 aliphatic rings. The zero-order chi connectivity index (χ0) is 17.6. The van der Waals surface area contributed by atoms with Crippen molar-refractivity contribution >= 4 is 21.6 Å². The summed E-state index contributed by atoms with van der Waals surface area (Å²) in [5.74, 6) is -0.513. The molecule has 5 nitrogen and oxygen atoms in total. The average Bonchev–Trinajstić information content (AvgIpc) is 3.09. The van der Waals surface area contributed by atoms with Crippen molar-refractivity contribution < 1.29 is 12.8 Å². The maximum atomic E-state index is 13.6. The Morgan fingerprint density at radius 1 is 1.25 bits per heavy atom. The van der Waals surface area contributed by atoms with E-state index in [-0.39, 0.29) is 21.5 Å². The van der Waals surface area contributed by atoms with Gasteiger partial charge in [0.25, 0.3) is 0 Å². The minimum atomic E-state index is -3.76. The van der Waals surface area contributed by atoms with Crippen LogP contribution in [0.4, 0.5) is 4.39 Å². The molecule has 0 bridgehead atoms. The van der Waals surface area contributed by atoms with Gasteiger partial charge in [0.2, 0.25) is 10.0 Å². The van der Waals surface area contributed by atoms with Gasteiger partial charge >= 0.3 is 0 Å². The number of hydrogen-bond acceptors (Lipinski definition) is 3. The zero-order valence-corrected chi connectivity index (χ0v) is 15.3. The van der Waals surface area contributed by atoms with Crippen LogP contribution in [-0.2, 0) is 10.0 Å². The summed E-state index contributed by atoms with van der Waals surface area (Å²) < 4.78 is 42.6. The van der Waals surface area contributed by atoms with Crippen LogP contribution >= 0.6 is 11.6 Å². The van der Waals surface area contributed by atoms with Crippen molar-refractivity contribution in [1.29, 1.82) is 0 Å². The van der Waals surface area contributed by atoms with E-state index in [1.54, 1.807) is 0 Å². The highest BCUT2D eigenvalue weighted by Gasteiger charge is 2.35. The monoisotopic (exact) mass is 371 g/mol. The third kappa shape index (κ3) is 2.96. The first kappa shape index (κ1) is 17.4. The average molecular weight is 372 g/mol. The van der Waals surface area contributed by atoms with Gasteiger partial charge < -0.3 is 0 Å². The second kappa shape index (κ2) is 6.13. The van der Waals surface area contributed by atoms with E-state index in [9.17, 15) is 12.8 Å². The summed E-state index contributed by atoms with van der Waals surface area (Å²) in [4.78, 5) is -0.0444. The Labute approximate surface area is 146 Å². The van der Waals surface area contributed by atoms with Crippen molar-refractivity contribution in [1.82, 2.24) is 14.1 Å². The standard InChI is InChI=1S/C16H19ClFN3O2S/c1-10-6-16(14(17)8-15(10)18)24(22,23)20-5-4-13(9-20)21-12(3)7-11(2)19-21/h6-8,13H,4-5,9H2,1-3H3. The first-order chi connectivity index (χ1) is 11.2. The third-order valence-corrected chi connectivity index (χ3v) is 6.68. The van der Waals surface area contributed by atoms with Crippen molar-refractivity contribution in [2.75, 3.05) is 13.1 Å². The molecule has 2 heterocycles. The second-order valence-corrected chi connectivity index (χ2v) is 8.52. The van der Waals surface area contributed by atoms with E-state index in [1.165, 1.54) is 17.3 Å². The molecule has 2 aromatic rings. The molecule has 0 N–H and O–H groups in total. The van der Waals surface area contributed by atoms with Gasteiger partial charge in [-0.05, 0) is 51.0 Å². The predicted octanol–water partition coefficient (Wildman–Crippen LogP) is 3.24. The molecule has 1 saturated heterocycles. The zero-order valence-electron chi connectivity index (χ0n) is 13.8.